The number of hydrogen-bond acceptors (Lipinski definition) is 3. The van der Waals surface area contributed by atoms with Crippen molar-refractivity contribution in [3.05, 3.63) is 90.0 Å². The summed E-state index contributed by atoms with van der Waals surface area (Å²) in [5, 5.41) is 0. The molecule has 5 heteroatoms. The van der Waals surface area contributed by atoms with E-state index in [-0.39, 0.29) is 12.1 Å². The minimum absolute atomic E-state index is 0.0569. The minimum atomic E-state index is -1.60. The Labute approximate surface area is 155 Å². The van der Waals surface area contributed by atoms with Crippen LogP contribution in [0.4, 0.5) is 0 Å². The van der Waals surface area contributed by atoms with E-state index in [4.69, 9.17) is 9.73 Å². The van der Waals surface area contributed by atoms with Crippen LogP contribution in [0.5, 0.6) is 0 Å². The second-order valence-electron chi connectivity index (χ2n) is 7.56. The Hall–Kier alpha value is -2.66. The molecule has 0 saturated heterocycles. The number of hydrogen-bond donors (Lipinski definition) is 0. The van der Waals surface area contributed by atoms with Gasteiger partial charge in [0.15, 0.2) is 14.3 Å². The predicted molar refractivity (Wildman–Crippen MR) is 107 cm³/mol. The number of rotatable bonds is 4. The van der Waals surface area contributed by atoms with Gasteiger partial charge in [0.2, 0.25) is 5.90 Å². The van der Waals surface area contributed by atoms with Gasteiger partial charge in [-0.15, -0.1) is 0 Å². The van der Waals surface area contributed by atoms with Crippen molar-refractivity contribution in [2.24, 2.45) is 4.99 Å². The third-order valence-electron chi connectivity index (χ3n) is 4.63. The lowest BCUT2D eigenvalue weighted by Crippen LogP contribution is -2.34. The molecule has 2 heterocycles. The fourth-order valence-corrected chi connectivity index (χ4v) is 4.61. The van der Waals surface area contributed by atoms with Crippen molar-refractivity contribution in [2.75, 3.05) is 0 Å². The average Bonchev–Trinajstić information content (AvgIpc) is 3.30. The molecule has 26 heavy (non-hydrogen) atoms. The summed E-state index contributed by atoms with van der Waals surface area (Å²) in [6.45, 7) is 6.87. The molecule has 1 aliphatic rings. The first-order valence-corrected chi connectivity index (χ1v) is 12.4. The monoisotopic (exact) mass is 361 g/mol. The zero-order chi connectivity index (χ0) is 18.1. The van der Waals surface area contributed by atoms with E-state index in [1.165, 1.54) is 0 Å². The van der Waals surface area contributed by atoms with Crippen LogP contribution in [0.3, 0.4) is 0 Å². The summed E-state index contributed by atoms with van der Waals surface area (Å²) in [4.78, 5) is 9.35. The molecule has 4 rings (SSSR count). The average molecular weight is 362 g/mol. The number of nitrogens with zero attached hydrogens (tertiary/aromatic N) is 3. The molecule has 2 aromatic carbocycles. The van der Waals surface area contributed by atoms with Crippen molar-refractivity contribution in [3.63, 3.8) is 0 Å². The van der Waals surface area contributed by atoms with E-state index in [0.29, 0.717) is 5.90 Å². The van der Waals surface area contributed by atoms with Crippen LogP contribution in [-0.4, -0.2) is 23.3 Å². The first kappa shape index (κ1) is 16.8. The van der Waals surface area contributed by atoms with E-state index in [1.54, 1.807) is 0 Å². The molecule has 2 atom stereocenters. The second-order valence-corrected chi connectivity index (χ2v) is 12.4. The molecule has 4 nitrogen and oxygen atoms in total. The molecule has 1 aromatic heterocycles. The third-order valence-corrected chi connectivity index (χ3v) is 6.43. The lowest BCUT2D eigenvalue weighted by atomic mass is 9.97. The summed E-state index contributed by atoms with van der Waals surface area (Å²) in [6.07, 6.45) is 3.64. The van der Waals surface area contributed by atoms with Crippen LogP contribution < -0.4 is 0 Å². The molecule has 0 radical (unpaired) electrons. The van der Waals surface area contributed by atoms with Crippen molar-refractivity contribution in [1.29, 1.82) is 0 Å². The fraction of sp³-hybridized carbons (Fsp3) is 0.238. The maximum atomic E-state index is 6.41. The Bertz CT molecular complexity index is 913. The highest BCUT2D eigenvalue weighted by atomic mass is 28.3. The van der Waals surface area contributed by atoms with Crippen molar-refractivity contribution < 1.29 is 4.74 Å². The Morgan fingerprint density at radius 3 is 2.12 bits per heavy atom. The smallest absolute Gasteiger partial charge is 0.235 e. The van der Waals surface area contributed by atoms with Gasteiger partial charge in [-0.2, -0.15) is 0 Å². The molecular weight excluding hydrogens is 338 g/mol. The lowest BCUT2D eigenvalue weighted by Gasteiger charge is -2.21. The summed E-state index contributed by atoms with van der Waals surface area (Å²) >= 11 is 0. The molecule has 0 spiro atoms. The zero-order valence-corrected chi connectivity index (χ0v) is 16.3. The highest BCUT2D eigenvalue weighted by molar-refractivity contribution is 6.74. The van der Waals surface area contributed by atoms with Gasteiger partial charge in [0, 0.05) is 0 Å². The van der Waals surface area contributed by atoms with Gasteiger partial charge in [-0.3, -0.25) is 0 Å². The molecule has 0 bridgehead atoms. The molecular formula is C21H23N3OSi. The largest absolute Gasteiger partial charge is 0.466 e. The van der Waals surface area contributed by atoms with Crippen LogP contribution in [0.1, 0.15) is 29.0 Å². The van der Waals surface area contributed by atoms with Gasteiger partial charge in [-0.05, 0) is 11.1 Å². The molecule has 3 aromatic rings. The van der Waals surface area contributed by atoms with E-state index >= 15 is 0 Å². The second kappa shape index (κ2) is 6.57. The Morgan fingerprint density at radius 2 is 1.50 bits per heavy atom. The topological polar surface area (TPSA) is 39.4 Å². The summed E-state index contributed by atoms with van der Waals surface area (Å²) in [5.74, 6) is 0.688. The van der Waals surface area contributed by atoms with Gasteiger partial charge >= 0.3 is 0 Å². The fourth-order valence-electron chi connectivity index (χ4n) is 3.32. The van der Waals surface area contributed by atoms with Crippen molar-refractivity contribution in [2.45, 2.75) is 31.8 Å². The molecule has 2 unspecified atom stereocenters. The summed E-state index contributed by atoms with van der Waals surface area (Å²) in [7, 11) is -1.60. The van der Waals surface area contributed by atoms with Gasteiger partial charge < -0.3 is 8.97 Å². The van der Waals surface area contributed by atoms with Gasteiger partial charge in [0.05, 0.1) is 12.5 Å². The number of imidazole rings is 1. The quantitative estimate of drug-likeness (QED) is 0.625. The van der Waals surface area contributed by atoms with Crippen LogP contribution in [-0.2, 0) is 4.74 Å². The Kier molecular flexibility index (Phi) is 4.24. The minimum Gasteiger partial charge on any atom is -0.466 e. The highest BCUT2D eigenvalue weighted by Gasteiger charge is 2.36. The SMILES string of the molecule is C[Si](C)(C)n1cncc1C1=NC(c2ccccc2)C(c2ccccc2)O1. The number of benzene rings is 2. The Morgan fingerprint density at radius 1 is 0.885 bits per heavy atom. The van der Waals surface area contributed by atoms with Crippen molar-refractivity contribution >= 4 is 14.1 Å². The first-order valence-electron chi connectivity index (χ1n) is 8.91. The van der Waals surface area contributed by atoms with E-state index < -0.39 is 8.24 Å². The maximum Gasteiger partial charge on any atom is 0.235 e. The Balaban J connectivity index is 1.77. The first-order chi connectivity index (χ1) is 12.5. The lowest BCUT2D eigenvalue weighted by molar-refractivity contribution is 0.196. The number of ether oxygens (including phenoxy) is 1. The maximum absolute atomic E-state index is 6.41. The molecule has 0 aliphatic carbocycles. The standard InChI is InChI=1S/C21H23N3OSi/c1-26(2,3)24-15-22-14-18(24)21-23-19(16-10-6-4-7-11-16)20(25-21)17-12-8-5-9-13-17/h4-15,19-20H,1-3H3. The van der Waals surface area contributed by atoms with E-state index in [0.717, 1.165) is 16.8 Å². The molecule has 0 fully saturated rings. The van der Waals surface area contributed by atoms with E-state index in [2.05, 4.69) is 65.3 Å². The molecule has 0 saturated carbocycles. The van der Waals surface area contributed by atoms with E-state index in [9.17, 15) is 0 Å². The van der Waals surface area contributed by atoms with Crippen molar-refractivity contribution in [3.8, 4) is 0 Å². The van der Waals surface area contributed by atoms with Crippen LogP contribution in [0.15, 0.2) is 78.2 Å². The van der Waals surface area contributed by atoms with Crippen LogP contribution in [0.2, 0.25) is 19.6 Å². The summed E-state index contributed by atoms with van der Waals surface area (Å²) in [5.41, 5.74) is 3.28. The zero-order valence-electron chi connectivity index (χ0n) is 15.3. The van der Waals surface area contributed by atoms with Gasteiger partial charge in [-0.25, -0.2) is 9.98 Å². The van der Waals surface area contributed by atoms with Gasteiger partial charge in [0.1, 0.15) is 11.7 Å². The summed E-state index contributed by atoms with van der Waals surface area (Å²) in [6, 6.07) is 20.6. The summed E-state index contributed by atoms with van der Waals surface area (Å²) < 4.78 is 8.66. The van der Waals surface area contributed by atoms with Crippen molar-refractivity contribution in [1.82, 2.24) is 9.22 Å². The van der Waals surface area contributed by atoms with Gasteiger partial charge in [0.25, 0.3) is 0 Å². The van der Waals surface area contributed by atoms with Crippen LogP contribution in [0.25, 0.3) is 0 Å². The molecule has 132 valence electrons. The third kappa shape index (κ3) is 3.10. The number of aromatic nitrogens is 2. The predicted octanol–water partition coefficient (Wildman–Crippen LogP) is 4.83. The number of aliphatic imine (C=N–C) groups is 1. The van der Waals surface area contributed by atoms with Crippen LogP contribution >= 0.6 is 0 Å². The molecule has 0 amide bonds. The van der Waals surface area contributed by atoms with Crippen LogP contribution in [0, 0.1) is 0 Å². The highest BCUT2D eigenvalue weighted by Crippen LogP contribution is 2.41. The normalized spacial score (nSPS) is 19.9. The van der Waals surface area contributed by atoms with Gasteiger partial charge in [-0.1, -0.05) is 80.3 Å². The van der Waals surface area contributed by atoms with E-state index in [1.807, 2.05) is 36.8 Å². The molecule has 1 aliphatic heterocycles. The molecule has 0 N–H and O–H groups in total.